The van der Waals surface area contributed by atoms with Crippen molar-refractivity contribution >= 4 is 23.2 Å². The molecule has 0 unspecified atom stereocenters. The quantitative estimate of drug-likeness (QED) is 0.865. The summed E-state index contributed by atoms with van der Waals surface area (Å²) in [6.45, 7) is 6.94. The Balaban J connectivity index is 2.52. The summed E-state index contributed by atoms with van der Waals surface area (Å²) >= 11 is 6.02. The average molecular weight is 293 g/mol. The lowest BCUT2D eigenvalue weighted by Gasteiger charge is -2.33. The van der Waals surface area contributed by atoms with Gasteiger partial charge in [0.05, 0.1) is 27.6 Å². The predicted molar refractivity (Wildman–Crippen MR) is 77.5 cm³/mol. The molecule has 1 aromatic rings. The van der Waals surface area contributed by atoms with Crippen LogP contribution < -0.4 is 4.90 Å². The maximum Gasteiger partial charge on any atom is 0.235 e. The van der Waals surface area contributed by atoms with Gasteiger partial charge in [0.2, 0.25) is 5.91 Å². The van der Waals surface area contributed by atoms with E-state index in [1.165, 1.54) is 0 Å². The molecule has 0 spiro atoms. The molecular weight excluding hydrogens is 276 g/mol. The number of rotatable bonds is 1. The molecule has 1 saturated heterocycles. The molecule has 0 bridgehead atoms. The zero-order valence-electron chi connectivity index (χ0n) is 11.9. The van der Waals surface area contributed by atoms with Crippen LogP contribution in [-0.4, -0.2) is 22.7 Å². The largest absolute Gasteiger partial charge is 0.387 e. The van der Waals surface area contributed by atoms with Crippen molar-refractivity contribution in [3.8, 4) is 6.07 Å². The van der Waals surface area contributed by atoms with Crippen LogP contribution in [0.5, 0.6) is 0 Å². The molecule has 0 radical (unpaired) electrons. The smallest absolute Gasteiger partial charge is 0.235 e. The number of nitriles is 1. The monoisotopic (exact) mass is 292 g/mol. The van der Waals surface area contributed by atoms with E-state index in [-0.39, 0.29) is 11.9 Å². The van der Waals surface area contributed by atoms with Gasteiger partial charge in [0.25, 0.3) is 0 Å². The van der Waals surface area contributed by atoms with Crippen LogP contribution in [0.2, 0.25) is 5.02 Å². The third kappa shape index (κ3) is 1.81. The van der Waals surface area contributed by atoms with Crippen molar-refractivity contribution in [1.82, 2.24) is 0 Å². The third-order valence-electron chi connectivity index (χ3n) is 4.57. The van der Waals surface area contributed by atoms with E-state index in [1.54, 1.807) is 50.8 Å². The highest BCUT2D eigenvalue weighted by atomic mass is 35.5. The molecule has 4 nitrogen and oxygen atoms in total. The van der Waals surface area contributed by atoms with Gasteiger partial charge in [-0.3, -0.25) is 4.79 Å². The molecule has 1 amide bonds. The van der Waals surface area contributed by atoms with Crippen molar-refractivity contribution in [1.29, 1.82) is 5.26 Å². The van der Waals surface area contributed by atoms with Crippen LogP contribution in [0.25, 0.3) is 0 Å². The van der Waals surface area contributed by atoms with Gasteiger partial charge in [0, 0.05) is 5.69 Å². The standard InChI is InChI=1S/C15H17ClN2O2/c1-9-15(4,20)14(2,3)13(19)18(9)11-6-5-10(8-17)12(16)7-11/h5-7,9,20H,1-4H3/t9-,15+/m1/s1. The predicted octanol–water partition coefficient (Wildman–Crippen LogP) is 2.72. The Kier molecular flexibility index (Phi) is 3.32. The molecule has 0 aromatic heterocycles. The minimum absolute atomic E-state index is 0.157. The summed E-state index contributed by atoms with van der Waals surface area (Å²) < 4.78 is 0. The minimum Gasteiger partial charge on any atom is -0.387 e. The molecule has 1 fully saturated rings. The molecule has 1 aliphatic heterocycles. The van der Waals surface area contributed by atoms with Gasteiger partial charge in [-0.2, -0.15) is 5.26 Å². The average Bonchev–Trinajstić information content (AvgIpc) is 2.49. The highest BCUT2D eigenvalue weighted by Crippen LogP contribution is 2.46. The summed E-state index contributed by atoms with van der Waals surface area (Å²) in [7, 11) is 0. The molecule has 0 aliphatic carbocycles. The number of aliphatic hydroxyl groups is 1. The van der Waals surface area contributed by atoms with Crippen molar-refractivity contribution in [3.63, 3.8) is 0 Å². The number of hydrogen-bond donors (Lipinski definition) is 1. The van der Waals surface area contributed by atoms with Crippen molar-refractivity contribution in [2.75, 3.05) is 4.90 Å². The number of amides is 1. The van der Waals surface area contributed by atoms with Gasteiger partial charge in [-0.05, 0) is 45.9 Å². The number of hydrogen-bond acceptors (Lipinski definition) is 3. The van der Waals surface area contributed by atoms with E-state index in [0.717, 1.165) is 0 Å². The Bertz CT molecular complexity index is 617. The van der Waals surface area contributed by atoms with Crippen molar-refractivity contribution < 1.29 is 9.90 Å². The van der Waals surface area contributed by atoms with Gasteiger partial charge >= 0.3 is 0 Å². The van der Waals surface area contributed by atoms with Crippen LogP contribution in [0, 0.1) is 16.7 Å². The summed E-state index contributed by atoms with van der Waals surface area (Å²) in [5.74, 6) is -0.157. The first-order valence-electron chi connectivity index (χ1n) is 6.40. The lowest BCUT2D eigenvalue weighted by Crippen LogP contribution is -2.46. The fraction of sp³-hybridized carbons (Fsp3) is 0.467. The van der Waals surface area contributed by atoms with E-state index in [9.17, 15) is 9.90 Å². The Hall–Kier alpha value is -1.57. The summed E-state index contributed by atoms with van der Waals surface area (Å²) in [5, 5.41) is 19.8. The van der Waals surface area contributed by atoms with Crippen LogP contribution >= 0.6 is 11.6 Å². The van der Waals surface area contributed by atoms with Crippen LogP contribution in [0.3, 0.4) is 0 Å². The Labute approximate surface area is 123 Å². The number of carbonyl (C=O) groups excluding carboxylic acids is 1. The second-order valence-electron chi connectivity index (χ2n) is 5.90. The zero-order chi connectivity index (χ0) is 15.3. The van der Waals surface area contributed by atoms with E-state index in [2.05, 4.69) is 0 Å². The lowest BCUT2D eigenvalue weighted by molar-refractivity contribution is -0.131. The normalized spacial score (nSPS) is 28.6. The van der Waals surface area contributed by atoms with Gasteiger partial charge in [0.1, 0.15) is 6.07 Å². The summed E-state index contributed by atoms with van der Waals surface area (Å²) in [4.78, 5) is 14.1. The van der Waals surface area contributed by atoms with Gasteiger partial charge in [-0.25, -0.2) is 0 Å². The Morgan fingerprint density at radius 2 is 2.00 bits per heavy atom. The zero-order valence-corrected chi connectivity index (χ0v) is 12.7. The molecule has 2 atom stereocenters. The molecule has 5 heteroatoms. The molecule has 0 saturated carbocycles. The highest BCUT2D eigenvalue weighted by molar-refractivity contribution is 6.32. The van der Waals surface area contributed by atoms with Gasteiger partial charge in [-0.15, -0.1) is 0 Å². The van der Waals surface area contributed by atoms with Gasteiger partial charge in [0.15, 0.2) is 0 Å². The van der Waals surface area contributed by atoms with E-state index < -0.39 is 11.0 Å². The number of nitrogens with zero attached hydrogens (tertiary/aromatic N) is 2. The molecule has 1 aliphatic rings. The topological polar surface area (TPSA) is 64.3 Å². The first-order chi connectivity index (χ1) is 9.14. The summed E-state index contributed by atoms with van der Waals surface area (Å²) in [6, 6.07) is 6.45. The minimum atomic E-state index is -1.15. The second-order valence-corrected chi connectivity index (χ2v) is 6.31. The molecule has 20 heavy (non-hydrogen) atoms. The summed E-state index contributed by atoms with van der Waals surface area (Å²) in [5.41, 5.74) is -1.07. The number of anilines is 1. The molecule has 2 rings (SSSR count). The van der Waals surface area contributed by atoms with Crippen LogP contribution in [0.15, 0.2) is 18.2 Å². The maximum atomic E-state index is 12.6. The van der Waals surface area contributed by atoms with E-state index in [1.807, 2.05) is 6.07 Å². The first-order valence-corrected chi connectivity index (χ1v) is 6.78. The van der Waals surface area contributed by atoms with E-state index in [4.69, 9.17) is 16.9 Å². The SMILES string of the molecule is C[C@H]1N(c2ccc(C#N)c(Cl)c2)C(=O)C(C)(C)[C@@]1(C)O. The van der Waals surface area contributed by atoms with Crippen LogP contribution in [-0.2, 0) is 4.79 Å². The fourth-order valence-electron chi connectivity index (χ4n) is 2.55. The summed E-state index contributed by atoms with van der Waals surface area (Å²) in [6.07, 6.45) is 0. The number of benzene rings is 1. The fourth-order valence-corrected chi connectivity index (χ4v) is 2.77. The number of halogens is 1. The Morgan fingerprint density at radius 1 is 1.40 bits per heavy atom. The third-order valence-corrected chi connectivity index (χ3v) is 4.88. The van der Waals surface area contributed by atoms with Crippen molar-refractivity contribution in [2.45, 2.75) is 39.3 Å². The molecule has 1 aromatic carbocycles. The maximum absolute atomic E-state index is 12.6. The number of carbonyl (C=O) groups is 1. The van der Waals surface area contributed by atoms with E-state index >= 15 is 0 Å². The Morgan fingerprint density at radius 3 is 2.40 bits per heavy atom. The van der Waals surface area contributed by atoms with Crippen LogP contribution in [0.4, 0.5) is 5.69 Å². The van der Waals surface area contributed by atoms with E-state index in [0.29, 0.717) is 16.3 Å². The molecular formula is C15H17ClN2O2. The highest BCUT2D eigenvalue weighted by Gasteiger charge is 2.59. The molecule has 1 heterocycles. The first kappa shape index (κ1) is 14.8. The lowest BCUT2D eigenvalue weighted by atomic mass is 9.76. The van der Waals surface area contributed by atoms with Gasteiger partial charge in [-0.1, -0.05) is 11.6 Å². The van der Waals surface area contributed by atoms with Crippen molar-refractivity contribution in [3.05, 3.63) is 28.8 Å². The molecule has 1 N–H and O–H groups in total. The molecule has 106 valence electrons. The second kappa shape index (κ2) is 4.47. The van der Waals surface area contributed by atoms with Crippen LogP contribution in [0.1, 0.15) is 33.3 Å². The van der Waals surface area contributed by atoms with Crippen molar-refractivity contribution in [2.24, 2.45) is 5.41 Å². The van der Waals surface area contributed by atoms with Gasteiger partial charge < -0.3 is 10.0 Å².